The van der Waals surface area contributed by atoms with E-state index in [1.165, 1.54) is 0 Å². The van der Waals surface area contributed by atoms with Gasteiger partial charge in [0.05, 0.1) is 12.7 Å². The number of nitrogens with zero attached hydrogens (tertiary/aromatic N) is 1. The standard InChI is InChI=1S/C28H35N3O4/c1-19-9-3-4-10-21(19)27(33)30-24-13-7-6-12-23(24)29-26(32)20-15-17-31(18-16-20)28(34)22-11-5-8-14-25(22)35-2/h3-5,8-11,14,20,23-24H,6-7,12-13,15-18H2,1-2H3,(H,29,32)(H,30,33)/t23-,24-/m1/s1. The highest BCUT2D eigenvalue weighted by Crippen LogP contribution is 2.25. The summed E-state index contributed by atoms with van der Waals surface area (Å²) in [6.45, 7) is 3.00. The Balaban J connectivity index is 1.32. The number of carbonyl (C=O) groups excluding carboxylic acids is 3. The van der Waals surface area contributed by atoms with E-state index >= 15 is 0 Å². The molecule has 186 valence electrons. The summed E-state index contributed by atoms with van der Waals surface area (Å²) in [6.07, 6.45) is 5.03. The van der Waals surface area contributed by atoms with E-state index in [1.807, 2.05) is 43.3 Å². The van der Waals surface area contributed by atoms with Crippen molar-refractivity contribution in [3.63, 3.8) is 0 Å². The smallest absolute Gasteiger partial charge is 0.257 e. The molecule has 0 radical (unpaired) electrons. The average molecular weight is 478 g/mol. The number of nitrogens with one attached hydrogen (secondary N) is 2. The van der Waals surface area contributed by atoms with Gasteiger partial charge in [-0.15, -0.1) is 0 Å². The minimum Gasteiger partial charge on any atom is -0.496 e. The summed E-state index contributed by atoms with van der Waals surface area (Å²) >= 11 is 0. The number of aryl methyl sites for hydroxylation is 1. The minimum atomic E-state index is -0.133. The van der Waals surface area contributed by atoms with E-state index in [2.05, 4.69) is 10.6 Å². The van der Waals surface area contributed by atoms with Crippen LogP contribution in [0.15, 0.2) is 48.5 Å². The Morgan fingerprint density at radius 3 is 2.09 bits per heavy atom. The summed E-state index contributed by atoms with van der Waals surface area (Å²) in [6, 6.07) is 14.6. The van der Waals surface area contributed by atoms with E-state index < -0.39 is 0 Å². The van der Waals surface area contributed by atoms with Gasteiger partial charge in [0, 0.05) is 36.7 Å². The van der Waals surface area contributed by atoms with Crippen LogP contribution in [0.4, 0.5) is 0 Å². The van der Waals surface area contributed by atoms with Gasteiger partial charge in [0.25, 0.3) is 11.8 Å². The predicted molar refractivity (Wildman–Crippen MR) is 134 cm³/mol. The lowest BCUT2D eigenvalue weighted by Crippen LogP contribution is -2.55. The Labute approximate surface area is 207 Å². The molecule has 2 N–H and O–H groups in total. The van der Waals surface area contributed by atoms with Gasteiger partial charge in [-0.1, -0.05) is 43.2 Å². The number of amides is 3. The molecule has 0 unspecified atom stereocenters. The molecule has 0 aromatic heterocycles. The maximum atomic E-state index is 13.1. The fraction of sp³-hybridized carbons (Fsp3) is 0.464. The summed E-state index contributed by atoms with van der Waals surface area (Å²) < 4.78 is 5.33. The van der Waals surface area contributed by atoms with Gasteiger partial charge in [-0.05, 0) is 56.4 Å². The molecule has 1 saturated carbocycles. The zero-order valence-corrected chi connectivity index (χ0v) is 20.6. The number of para-hydroxylation sites is 1. The van der Waals surface area contributed by atoms with Crippen LogP contribution in [0.25, 0.3) is 0 Å². The Morgan fingerprint density at radius 1 is 0.829 bits per heavy atom. The van der Waals surface area contributed by atoms with Gasteiger partial charge in [-0.25, -0.2) is 0 Å². The third kappa shape index (κ3) is 5.84. The third-order valence-corrected chi connectivity index (χ3v) is 7.29. The molecule has 2 fully saturated rings. The van der Waals surface area contributed by atoms with Crippen molar-refractivity contribution in [1.82, 2.24) is 15.5 Å². The molecule has 0 bridgehead atoms. The van der Waals surface area contributed by atoms with Gasteiger partial charge in [0.1, 0.15) is 5.75 Å². The Morgan fingerprint density at radius 2 is 1.43 bits per heavy atom. The summed E-state index contributed by atoms with van der Waals surface area (Å²) in [5, 5.41) is 6.39. The van der Waals surface area contributed by atoms with Crippen LogP contribution in [0.5, 0.6) is 5.75 Å². The Kier molecular flexibility index (Phi) is 8.06. The first-order valence-corrected chi connectivity index (χ1v) is 12.6. The largest absolute Gasteiger partial charge is 0.496 e. The lowest BCUT2D eigenvalue weighted by Gasteiger charge is -2.36. The van der Waals surface area contributed by atoms with Crippen LogP contribution in [0.1, 0.15) is 64.8 Å². The normalized spacial score (nSPS) is 20.7. The number of methoxy groups -OCH3 is 1. The molecule has 7 nitrogen and oxygen atoms in total. The van der Waals surface area contributed by atoms with Crippen LogP contribution in [0, 0.1) is 12.8 Å². The second-order valence-electron chi connectivity index (χ2n) is 9.56. The average Bonchev–Trinajstić information content (AvgIpc) is 2.89. The quantitative estimate of drug-likeness (QED) is 0.664. The first-order valence-electron chi connectivity index (χ1n) is 12.6. The van der Waals surface area contributed by atoms with Gasteiger partial charge in [-0.2, -0.15) is 0 Å². The molecular formula is C28H35N3O4. The molecule has 1 aliphatic heterocycles. The number of rotatable bonds is 6. The molecule has 1 aliphatic carbocycles. The number of hydrogen-bond acceptors (Lipinski definition) is 4. The molecule has 2 aliphatic rings. The Bertz CT molecular complexity index is 1060. The van der Waals surface area contributed by atoms with Crippen LogP contribution in [-0.4, -0.2) is 54.9 Å². The number of piperidine rings is 1. The molecule has 1 saturated heterocycles. The van der Waals surface area contributed by atoms with E-state index in [1.54, 1.807) is 24.1 Å². The number of benzene rings is 2. The molecule has 2 atom stereocenters. The third-order valence-electron chi connectivity index (χ3n) is 7.29. The SMILES string of the molecule is COc1ccccc1C(=O)N1CCC(C(=O)N[C@@H]2CCCC[C@H]2NC(=O)c2ccccc2C)CC1. The number of carbonyl (C=O) groups is 3. The highest BCUT2D eigenvalue weighted by atomic mass is 16.5. The maximum absolute atomic E-state index is 13.1. The highest BCUT2D eigenvalue weighted by molar-refractivity contribution is 5.97. The van der Waals surface area contributed by atoms with Gasteiger partial charge in [0.2, 0.25) is 5.91 Å². The summed E-state index contributed by atoms with van der Waals surface area (Å²) in [5.41, 5.74) is 2.17. The van der Waals surface area contributed by atoms with Crippen molar-refractivity contribution in [2.45, 2.75) is 57.5 Å². The topological polar surface area (TPSA) is 87.7 Å². The van der Waals surface area contributed by atoms with Gasteiger partial charge in [0.15, 0.2) is 0 Å². The molecule has 7 heteroatoms. The molecule has 3 amide bonds. The van der Waals surface area contributed by atoms with Crippen molar-refractivity contribution in [2.75, 3.05) is 20.2 Å². The fourth-order valence-corrected chi connectivity index (χ4v) is 5.19. The Hall–Kier alpha value is -3.35. The van der Waals surface area contributed by atoms with E-state index in [0.29, 0.717) is 42.8 Å². The van der Waals surface area contributed by atoms with Gasteiger partial charge in [-0.3, -0.25) is 14.4 Å². The van der Waals surface area contributed by atoms with Crippen molar-refractivity contribution in [2.24, 2.45) is 5.92 Å². The molecule has 1 heterocycles. The van der Waals surface area contributed by atoms with Crippen LogP contribution in [-0.2, 0) is 4.79 Å². The molecular weight excluding hydrogens is 442 g/mol. The lowest BCUT2D eigenvalue weighted by molar-refractivity contribution is -0.127. The van der Waals surface area contributed by atoms with Gasteiger partial charge >= 0.3 is 0 Å². The van der Waals surface area contributed by atoms with Crippen molar-refractivity contribution in [1.29, 1.82) is 0 Å². The molecule has 2 aromatic rings. The number of hydrogen-bond donors (Lipinski definition) is 2. The van der Waals surface area contributed by atoms with Crippen LogP contribution in [0.2, 0.25) is 0 Å². The van der Waals surface area contributed by atoms with Crippen molar-refractivity contribution in [3.8, 4) is 5.75 Å². The van der Waals surface area contributed by atoms with E-state index in [0.717, 1.165) is 31.2 Å². The zero-order valence-electron chi connectivity index (χ0n) is 20.6. The lowest BCUT2D eigenvalue weighted by atomic mass is 9.88. The first-order chi connectivity index (χ1) is 17.0. The molecule has 4 rings (SSSR count). The number of likely N-dealkylation sites (tertiary alicyclic amines) is 1. The van der Waals surface area contributed by atoms with E-state index in [-0.39, 0.29) is 35.7 Å². The fourth-order valence-electron chi connectivity index (χ4n) is 5.19. The summed E-state index contributed by atoms with van der Waals surface area (Å²) in [7, 11) is 1.56. The minimum absolute atomic E-state index is 0.0245. The van der Waals surface area contributed by atoms with Crippen molar-refractivity contribution < 1.29 is 19.1 Å². The molecule has 0 spiro atoms. The van der Waals surface area contributed by atoms with Crippen LogP contribution < -0.4 is 15.4 Å². The zero-order chi connectivity index (χ0) is 24.8. The summed E-state index contributed by atoms with van der Waals surface area (Å²) in [5.74, 6) is 0.307. The van der Waals surface area contributed by atoms with E-state index in [9.17, 15) is 14.4 Å². The predicted octanol–water partition coefficient (Wildman–Crippen LogP) is 3.71. The van der Waals surface area contributed by atoms with Crippen molar-refractivity contribution in [3.05, 3.63) is 65.2 Å². The van der Waals surface area contributed by atoms with Crippen molar-refractivity contribution >= 4 is 17.7 Å². The molecule has 2 aromatic carbocycles. The second-order valence-corrected chi connectivity index (χ2v) is 9.56. The first kappa shape index (κ1) is 24.8. The van der Waals surface area contributed by atoms with Crippen LogP contribution in [0.3, 0.4) is 0 Å². The van der Waals surface area contributed by atoms with E-state index in [4.69, 9.17) is 4.74 Å². The van der Waals surface area contributed by atoms with Crippen LogP contribution >= 0.6 is 0 Å². The molecule has 35 heavy (non-hydrogen) atoms. The summed E-state index contributed by atoms with van der Waals surface area (Å²) in [4.78, 5) is 40.7. The number of ether oxygens (including phenoxy) is 1. The maximum Gasteiger partial charge on any atom is 0.257 e. The highest BCUT2D eigenvalue weighted by Gasteiger charge is 2.33. The second kappa shape index (κ2) is 11.4. The monoisotopic (exact) mass is 477 g/mol. The van der Waals surface area contributed by atoms with Gasteiger partial charge < -0.3 is 20.3 Å².